The third kappa shape index (κ3) is 3.09. The Kier molecular flexibility index (Phi) is 4.33. The number of hydrogen-bond acceptors (Lipinski definition) is 3. The van der Waals surface area contributed by atoms with E-state index in [1.165, 1.54) is 11.1 Å². The molecule has 4 heteroatoms. The summed E-state index contributed by atoms with van der Waals surface area (Å²) >= 11 is 0. The van der Waals surface area contributed by atoms with E-state index in [0.717, 1.165) is 13.0 Å². The second kappa shape index (κ2) is 5.98. The lowest BCUT2D eigenvalue weighted by Crippen LogP contribution is -2.48. The maximum absolute atomic E-state index is 12.0. The van der Waals surface area contributed by atoms with Crippen molar-refractivity contribution < 1.29 is 9.90 Å². The molecule has 2 unspecified atom stereocenters. The zero-order valence-electron chi connectivity index (χ0n) is 10.6. The van der Waals surface area contributed by atoms with Crippen molar-refractivity contribution in [1.82, 2.24) is 10.6 Å². The quantitative estimate of drug-likeness (QED) is 0.725. The monoisotopic (exact) mass is 248 g/mol. The van der Waals surface area contributed by atoms with Crippen LogP contribution in [0.3, 0.4) is 0 Å². The lowest BCUT2D eigenvalue weighted by Gasteiger charge is -2.25. The average Bonchev–Trinajstić information content (AvgIpc) is 2.43. The molecule has 0 spiro atoms. The van der Waals surface area contributed by atoms with Gasteiger partial charge in [0.25, 0.3) is 0 Å². The number of hydrogen-bond donors (Lipinski definition) is 3. The summed E-state index contributed by atoms with van der Waals surface area (Å²) in [5.74, 6) is 0.120. The van der Waals surface area contributed by atoms with Gasteiger partial charge < -0.3 is 15.7 Å². The number of rotatable bonds is 4. The third-order valence-corrected chi connectivity index (χ3v) is 3.33. The second-order valence-electron chi connectivity index (χ2n) is 4.94. The van der Waals surface area contributed by atoms with Crippen LogP contribution in [0.5, 0.6) is 0 Å². The first-order valence-electron chi connectivity index (χ1n) is 6.39. The van der Waals surface area contributed by atoms with Gasteiger partial charge >= 0.3 is 0 Å². The first-order valence-corrected chi connectivity index (χ1v) is 6.39. The first-order chi connectivity index (χ1) is 8.70. The Bertz CT molecular complexity index is 420. The van der Waals surface area contributed by atoms with Crippen molar-refractivity contribution in [2.75, 3.05) is 13.2 Å². The zero-order valence-corrected chi connectivity index (χ0v) is 10.6. The molecule has 1 heterocycles. The minimum Gasteiger partial charge on any atom is -0.396 e. The van der Waals surface area contributed by atoms with Crippen molar-refractivity contribution in [3.05, 3.63) is 35.4 Å². The number of carbonyl (C=O) groups excluding carboxylic acids is 1. The van der Waals surface area contributed by atoms with Crippen LogP contribution in [0.15, 0.2) is 24.3 Å². The Hall–Kier alpha value is -1.39. The Morgan fingerprint density at radius 2 is 2.22 bits per heavy atom. The van der Waals surface area contributed by atoms with Crippen LogP contribution in [0.1, 0.15) is 18.1 Å². The molecule has 4 nitrogen and oxygen atoms in total. The van der Waals surface area contributed by atoms with Gasteiger partial charge in [-0.25, -0.2) is 0 Å². The summed E-state index contributed by atoms with van der Waals surface area (Å²) in [6.07, 6.45) is 0.732. The summed E-state index contributed by atoms with van der Waals surface area (Å²) in [4.78, 5) is 12.0. The molecule has 1 aliphatic heterocycles. The van der Waals surface area contributed by atoms with E-state index in [9.17, 15) is 4.79 Å². The molecular weight excluding hydrogens is 228 g/mol. The van der Waals surface area contributed by atoms with Gasteiger partial charge in [0.2, 0.25) is 5.91 Å². The van der Waals surface area contributed by atoms with Gasteiger partial charge in [0.1, 0.15) is 0 Å². The molecule has 0 aliphatic carbocycles. The highest BCUT2D eigenvalue weighted by Crippen LogP contribution is 2.16. The van der Waals surface area contributed by atoms with E-state index >= 15 is 0 Å². The third-order valence-electron chi connectivity index (χ3n) is 3.33. The summed E-state index contributed by atoms with van der Waals surface area (Å²) in [5.41, 5.74) is 2.51. The molecule has 1 aromatic carbocycles. The summed E-state index contributed by atoms with van der Waals surface area (Å²) in [7, 11) is 0. The number of aliphatic hydroxyl groups excluding tert-OH is 1. The summed E-state index contributed by atoms with van der Waals surface area (Å²) in [5, 5.41) is 15.0. The highest BCUT2D eigenvalue weighted by atomic mass is 16.3. The second-order valence-corrected chi connectivity index (χ2v) is 4.94. The molecule has 2 atom stereocenters. The number of aliphatic hydroxyl groups is 1. The molecule has 0 saturated heterocycles. The Labute approximate surface area is 107 Å². The smallest absolute Gasteiger partial charge is 0.237 e. The van der Waals surface area contributed by atoms with E-state index < -0.39 is 0 Å². The van der Waals surface area contributed by atoms with E-state index in [2.05, 4.69) is 22.8 Å². The molecular formula is C14H20N2O2. The molecule has 1 amide bonds. The van der Waals surface area contributed by atoms with Crippen LogP contribution < -0.4 is 10.6 Å². The highest BCUT2D eigenvalue weighted by molar-refractivity contribution is 5.82. The lowest BCUT2D eigenvalue weighted by atomic mass is 9.95. The Morgan fingerprint density at radius 3 is 2.94 bits per heavy atom. The number of fused-ring (bicyclic) bond motifs is 1. The summed E-state index contributed by atoms with van der Waals surface area (Å²) in [6, 6.07) is 8.03. The fourth-order valence-electron chi connectivity index (χ4n) is 2.10. The van der Waals surface area contributed by atoms with Gasteiger partial charge in [0.15, 0.2) is 0 Å². The van der Waals surface area contributed by atoms with Crippen LogP contribution in [0.4, 0.5) is 0 Å². The van der Waals surface area contributed by atoms with Crippen molar-refractivity contribution >= 4 is 5.91 Å². The van der Waals surface area contributed by atoms with Gasteiger partial charge in [-0.15, -0.1) is 0 Å². The molecule has 0 bridgehead atoms. The van der Waals surface area contributed by atoms with Gasteiger partial charge in [0, 0.05) is 19.7 Å². The normalized spacial score (nSPS) is 20.0. The van der Waals surface area contributed by atoms with Crippen LogP contribution in [0.25, 0.3) is 0 Å². The minimum atomic E-state index is -0.161. The number of carbonyl (C=O) groups is 1. The van der Waals surface area contributed by atoms with Crippen LogP contribution in [-0.4, -0.2) is 30.2 Å². The first kappa shape index (κ1) is 13.1. The molecule has 2 rings (SSSR count). The van der Waals surface area contributed by atoms with Gasteiger partial charge in [-0.1, -0.05) is 31.2 Å². The van der Waals surface area contributed by atoms with Crippen molar-refractivity contribution in [2.45, 2.75) is 25.9 Å². The van der Waals surface area contributed by atoms with Crippen molar-refractivity contribution in [1.29, 1.82) is 0 Å². The number of benzene rings is 1. The molecule has 0 saturated carbocycles. The van der Waals surface area contributed by atoms with Gasteiger partial charge in [-0.2, -0.15) is 0 Å². The van der Waals surface area contributed by atoms with Crippen molar-refractivity contribution in [3.8, 4) is 0 Å². The minimum absolute atomic E-state index is 0.0183. The van der Waals surface area contributed by atoms with E-state index in [0.29, 0.717) is 6.54 Å². The summed E-state index contributed by atoms with van der Waals surface area (Å²) in [6.45, 7) is 3.27. The lowest BCUT2D eigenvalue weighted by molar-refractivity contribution is -0.123. The highest BCUT2D eigenvalue weighted by Gasteiger charge is 2.23. The van der Waals surface area contributed by atoms with E-state index in [4.69, 9.17) is 5.11 Å². The molecule has 18 heavy (non-hydrogen) atoms. The predicted molar refractivity (Wildman–Crippen MR) is 70.0 cm³/mol. The number of nitrogens with one attached hydrogen (secondary N) is 2. The van der Waals surface area contributed by atoms with Crippen LogP contribution >= 0.6 is 0 Å². The zero-order chi connectivity index (χ0) is 13.0. The molecule has 0 radical (unpaired) electrons. The number of amides is 1. The maximum Gasteiger partial charge on any atom is 0.237 e. The van der Waals surface area contributed by atoms with Gasteiger partial charge in [-0.05, 0) is 23.5 Å². The fourth-order valence-corrected chi connectivity index (χ4v) is 2.10. The largest absolute Gasteiger partial charge is 0.396 e. The fraction of sp³-hybridized carbons (Fsp3) is 0.500. The molecule has 1 aliphatic rings. The van der Waals surface area contributed by atoms with Gasteiger partial charge in [-0.3, -0.25) is 4.79 Å². The molecule has 3 N–H and O–H groups in total. The molecule has 98 valence electrons. The van der Waals surface area contributed by atoms with E-state index in [1.54, 1.807) is 0 Å². The van der Waals surface area contributed by atoms with Crippen LogP contribution in [-0.2, 0) is 17.8 Å². The van der Waals surface area contributed by atoms with Crippen LogP contribution in [0, 0.1) is 5.92 Å². The summed E-state index contributed by atoms with van der Waals surface area (Å²) < 4.78 is 0. The predicted octanol–water partition coefficient (Wildman–Crippen LogP) is 0.445. The molecule has 1 aromatic rings. The SMILES string of the molecule is CC(CO)CNC(=O)C1Cc2ccccc2CN1. The standard InChI is InChI=1S/C14H20N2O2/c1-10(9-17)7-16-14(18)13-6-11-4-2-3-5-12(11)8-15-13/h2-5,10,13,15,17H,6-9H2,1H3,(H,16,18). The maximum atomic E-state index is 12.0. The van der Waals surface area contributed by atoms with Crippen molar-refractivity contribution in [3.63, 3.8) is 0 Å². The topological polar surface area (TPSA) is 61.4 Å². The Morgan fingerprint density at radius 1 is 1.50 bits per heavy atom. The van der Waals surface area contributed by atoms with Crippen LogP contribution in [0.2, 0.25) is 0 Å². The van der Waals surface area contributed by atoms with E-state index in [1.807, 2.05) is 19.1 Å². The van der Waals surface area contributed by atoms with Crippen molar-refractivity contribution in [2.24, 2.45) is 5.92 Å². The Balaban J connectivity index is 1.90. The average molecular weight is 248 g/mol. The van der Waals surface area contributed by atoms with Gasteiger partial charge in [0.05, 0.1) is 6.04 Å². The molecule has 0 aromatic heterocycles. The molecule has 0 fully saturated rings. The van der Waals surface area contributed by atoms with E-state index in [-0.39, 0.29) is 24.5 Å².